The van der Waals surface area contributed by atoms with E-state index < -0.39 is 0 Å². The number of hydrogen-bond acceptors (Lipinski definition) is 4. The number of carbonyl (C=O) groups excluding carboxylic acids is 2. The Kier molecular flexibility index (Phi) is 6.20. The quantitative estimate of drug-likeness (QED) is 0.401. The number of nitrogens with zero attached hydrogens (tertiary/aromatic N) is 1. The molecule has 0 saturated carbocycles. The van der Waals surface area contributed by atoms with Crippen LogP contribution in [-0.4, -0.2) is 28.4 Å². The Morgan fingerprint density at radius 3 is 2.63 bits per heavy atom. The monoisotopic (exact) mass is 364 g/mol. The van der Waals surface area contributed by atoms with Crippen molar-refractivity contribution in [3.05, 3.63) is 59.8 Å². The fourth-order valence-electron chi connectivity index (χ4n) is 3.04. The van der Waals surface area contributed by atoms with Crippen molar-refractivity contribution < 1.29 is 9.59 Å². The van der Waals surface area contributed by atoms with Gasteiger partial charge in [-0.2, -0.15) is 5.10 Å². The van der Waals surface area contributed by atoms with E-state index in [2.05, 4.69) is 15.5 Å². The highest BCUT2D eigenvalue weighted by atomic mass is 16.2. The first-order valence-electron chi connectivity index (χ1n) is 9.21. The molecule has 3 rings (SSSR count). The number of nitrogen functional groups attached to an aromatic ring is 1. The number of benzene rings is 2. The first kappa shape index (κ1) is 18.6. The maximum absolute atomic E-state index is 12.2. The Bertz CT molecular complexity index is 933. The minimum absolute atomic E-state index is 0.178. The van der Waals surface area contributed by atoms with Crippen molar-refractivity contribution in [2.24, 2.45) is 0 Å². The number of carbonyl (C=O) groups is 2. The third kappa shape index (κ3) is 4.94. The van der Waals surface area contributed by atoms with Crippen LogP contribution in [0.1, 0.15) is 41.7 Å². The lowest BCUT2D eigenvalue weighted by Crippen LogP contribution is -2.25. The number of anilines is 1. The number of para-hydroxylation sites is 2. The zero-order valence-electron chi connectivity index (χ0n) is 15.2. The molecule has 0 aliphatic carbocycles. The number of fused-ring (bicyclic) bond motifs is 1. The SMILES string of the molecule is Nc1ccccc1CC(=O)CCCCCNC(=O)c1n[nH]c2ccccc12. The summed E-state index contributed by atoms with van der Waals surface area (Å²) in [4.78, 5) is 24.3. The van der Waals surface area contributed by atoms with Gasteiger partial charge in [-0.15, -0.1) is 0 Å². The topological polar surface area (TPSA) is 101 Å². The van der Waals surface area contributed by atoms with Gasteiger partial charge in [-0.05, 0) is 30.5 Å². The number of hydrogen-bond donors (Lipinski definition) is 3. The number of rotatable bonds is 9. The molecule has 0 radical (unpaired) electrons. The summed E-state index contributed by atoms with van der Waals surface area (Å²) in [6.45, 7) is 0.569. The average Bonchev–Trinajstić information content (AvgIpc) is 3.10. The van der Waals surface area contributed by atoms with Gasteiger partial charge in [0.1, 0.15) is 5.78 Å². The number of H-pyrrole nitrogens is 1. The molecular formula is C21H24N4O2. The van der Waals surface area contributed by atoms with E-state index in [0.717, 1.165) is 35.7 Å². The van der Waals surface area contributed by atoms with Gasteiger partial charge in [-0.3, -0.25) is 14.7 Å². The summed E-state index contributed by atoms with van der Waals surface area (Å²) in [5.41, 5.74) is 8.69. The molecule has 0 aliphatic rings. The van der Waals surface area contributed by atoms with E-state index in [1.807, 2.05) is 48.5 Å². The summed E-state index contributed by atoms with van der Waals surface area (Å²) in [5, 5.41) is 10.7. The van der Waals surface area contributed by atoms with Crippen molar-refractivity contribution in [3.8, 4) is 0 Å². The zero-order chi connectivity index (χ0) is 19.1. The number of nitrogens with two attached hydrogens (primary N) is 1. The molecule has 0 spiro atoms. The predicted molar refractivity (Wildman–Crippen MR) is 106 cm³/mol. The van der Waals surface area contributed by atoms with Crippen LogP contribution in [0.4, 0.5) is 5.69 Å². The Morgan fingerprint density at radius 2 is 1.78 bits per heavy atom. The maximum atomic E-state index is 12.2. The molecule has 2 aromatic carbocycles. The average molecular weight is 364 g/mol. The van der Waals surface area contributed by atoms with Gasteiger partial charge in [0.2, 0.25) is 0 Å². The molecule has 0 saturated heterocycles. The molecule has 1 aromatic heterocycles. The number of amides is 1. The van der Waals surface area contributed by atoms with Gasteiger partial charge >= 0.3 is 0 Å². The molecule has 27 heavy (non-hydrogen) atoms. The second-order valence-electron chi connectivity index (χ2n) is 6.60. The molecular weight excluding hydrogens is 340 g/mol. The van der Waals surface area contributed by atoms with Gasteiger partial charge in [0.25, 0.3) is 5.91 Å². The molecule has 6 nitrogen and oxygen atoms in total. The summed E-state index contributed by atoms with van der Waals surface area (Å²) < 4.78 is 0. The number of aromatic nitrogens is 2. The number of unbranched alkanes of at least 4 members (excludes halogenated alkanes) is 2. The highest BCUT2D eigenvalue weighted by Crippen LogP contribution is 2.15. The number of nitrogens with one attached hydrogen (secondary N) is 2. The van der Waals surface area contributed by atoms with Gasteiger partial charge in [-0.1, -0.05) is 42.8 Å². The molecule has 1 amide bonds. The molecule has 1 heterocycles. The van der Waals surface area contributed by atoms with Crippen molar-refractivity contribution >= 4 is 28.3 Å². The van der Waals surface area contributed by atoms with Crippen LogP contribution in [-0.2, 0) is 11.2 Å². The first-order valence-corrected chi connectivity index (χ1v) is 9.21. The first-order chi connectivity index (χ1) is 13.1. The van der Waals surface area contributed by atoms with E-state index in [1.165, 1.54) is 0 Å². The summed E-state index contributed by atoms with van der Waals surface area (Å²) in [6, 6.07) is 15.0. The molecule has 0 unspecified atom stereocenters. The lowest BCUT2D eigenvalue weighted by molar-refractivity contribution is -0.118. The second kappa shape index (κ2) is 8.98. The van der Waals surface area contributed by atoms with Gasteiger partial charge in [0, 0.05) is 30.5 Å². The standard InChI is InChI=1S/C21H24N4O2/c22-18-11-5-3-8-15(18)14-16(26)9-2-1-7-13-23-21(27)20-17-10-4-6-12-19(17)24-25-20/h3-6,8,10-12H,1-2,7,9,13-14,22H2,(H,23,27)(H,24,25). The Hall–Kier alpha value is -3.15. The third-order valence-electron chi connectivity index (χ3n) is 4.55. The molecule has 0 fully saturated rings. The van der Waals surface area contributed by atoms with Gasteiger partial charge in [0.15, 0.2) is 5.69 Å². The van der Waals surface area contributed by atoms with E-state index in [-0.39, 0.29) is 11.7 Å². The van der Waals surface area contributed by atoms with Gasteiger partial charge in [0.05, 0.1) is 5.52 Å². The van der Waals surface area contributed by atoms with Gasteiger partial charge in [-0.25, -0.2) is 0 Å². The number of Topliss-reactive ketones (excluding diaryl/α,β-unsaturated/α-hetero) is 1. The lowest BCUT2D eigenvalue weighted by Gasteiger charge is -2.05. The van der Waals surface area contributed by atoms with Crippen LogP contribution in [0.5, 0.6) is 0 Å². The van der Waals surface area contributed by atoms with Crippen molar-refractivity contribution in [2.45, 2.75) is 32.1 Å². The van der Waals surface area contributed by atoms with Crippen LogP contribution < -0.4 is 11.1 Å². The third-order valence-corrected chi connectivity index (χ3v) is 4.55. The van der Waals surface area contributed by atoms with Crippen LogP contribution in [0.25, 0.3) is 10.9 Å². The van der Waals surface area contributed by atoms with E-state index in [9.17, 15) is 9.59 Å². The van der Waals surface area contributed by atoms with E-state index >= 15 is 0 Å². The Morgan fingerprint density at radius 1 is 1.00 bits per heavy atom. The largest absolute Gasteiger partial charge is 0.398 e. The van der Waals surface area contributed by atoms with Crippen molar-refractivity contribution in [2.75, 3.05) is 12.3 Å². The number of ketones is 1. The fourth-order valence-corrected chi connectivity index (χ4v) is 3.04. The molecule has 0 atom stereocenters. The Balaban J connectivity index is 1.34. The Labute approximate surface area is 158 Å². The second-order valence-corrected chi connectivity index (χ2v) is 6.60. The van der Waals surface area contributed by atoms with Gasteiger partial charge < -0.3 is 11.1 Å². The summed E-state index contributed by atoms with van der Waals surface area (Å²) >= 11 is 0. The number of aromatic amines is 1. The maximum Gasteiger partial charge on any atom is 0.272 e. The highest BCUT2D eigenvalue weighted by Gasteiger charge is 2.13. The summed E-state index contributed by atoms with van der Waals surface area (Å²) in [7, 11) is 0. The smallest absolute Gasteiger partial charge is 0.272 e. The van der Waals surface area contributed by atoms with Crippen molar-refractivity contribution in [1.29, 1.82) is 0 Å². The fraction of sp³-hybridized carbons (Fsp3) is 0.286. The minimum Gasteiger partial charge on any atom is -0.398 e. The van der Waals surface area contributed by atoms with E-state index in [0.29, 0.717) is 30.8 Å². The minimum atomic E-state index is -0.178. The highest BCUT2D eigenvalue weighted by molar-refractivity contribution is 6.04. The lowest BCUT2D eigenvalue weighted by atomic mass is 10.0. The van der Waals surface area contributed by atoms with Crippen LogP contribution in [0, 0.1) is 0 Å². The molecule has 3 aromatic rings. The van der Waals surface area contributed by atoms with Crippen molar-refractivity contribution in [3.63, 3.8) is 0 Å². The summed E-state index contributed by atoms with van der Waals surface area (Å²) in [5.74, 6) is 0.0167. The van der Waals surface area contributed by atoms with Crippen LogP contribution in [0.2, 0.25) is 0 Å². The molecule has 140 valence electrons. The predicted octanol–water partition coefficient (Wildman–Crippen LogP) is 3.25. The normalized spacial score (nSPS) is 10.8. The van der Waals surface area contributed by atoms with Crippen molar-refractivity contribution in [1.82, 2.24) is 15.5 Å². The molecule has 0 aliphatic heterocycles. The molecule has 0 bridgehead atoms. The molecule has 4 N–H and O–H groups in total. The van der Waals surface area contributed by atoms with Crippen LogP contribution >= 0.6 is 0 Å². The van der Waals surface area contributed by atoms with E-state index in [1.54, 1.807) is 0 Å². The van der Waals surface area contributed by atoms with Crippen LogP contribution in [0.15, 0.2) is 48.5 Å². The zero-order valence-corrected chi connectivity index (χ0v) is 15.2. The summed E-state index contributed by atoms with van der Waals surface area (Å²) in [6.07, 6.45) is 3.45. The van der Waals surface area contributed by atoms with Crippen LogP contribution in [0.3, 0.4) is 0 Å². The molecule has 6 heteroatoms. The van der Waals surface area contributed by atoms with E-state index in [4.69, 9.17) is 5.73 Å².